The number of nitrogens with two attached hydrogens (primary N) is 1. The fourth-order valence-electron chi connectivity index (χ4n) is 4.07. The summed E-state index contributed by atoms with van der Waals surface area (Å²) in [4.78, 5) is 11.6. The molecule has 0 aliphatic rings. The molecule has 8 nitrogen and oxygen atoms in total. The number of hydrogen-bond acceptors (Lipinski definition) is 6. The zero-order valence-corrected chi connectivity index (χ0v) is 20.5. The molecule has 5 aromatic rings. The molecule has 192 valence electrons. The SMILES string of the molecule is Cn1c(-c2ccccc2)nc(-c2ccnc(N)n2)c1-c1cccc(NS(=O)(=O)c2c(F)cccc2F)c1F. The molecule has 0 saturated heterocycles. The van der Waals surface area contributed by atoms with Crippen molar-refractivity contribution in [3.8, 4) is 34.0 Å². The van der Waals surface area contributed by atoms with Crippen molar-refractivity contribution in [2.45, 2.75) is 4.90 Å². The Balaban J connectivity index is 1.69. The monoisotopic (exact) mass is 536 g/mol. The van der Waals surface area contributed by atoms with Crippen LogP contribution in [0.5, 0.6) is 0 Å². The summed E-state index contributed by atoms with van der Waals surface area (Å²) in [5.74, 6) is -3.15. The first-order valence-electron chi connectivity index (χ1n) is 11.1. The van der Waals surface area contributed by atoms with Crippen molar-refractivity contribution >= 4 is 21.7 Å². The lowest BCUT2D eigenvalue weighted by Crippen LogP contribution is -2.17. The number of anilines is 2. The highest BCUT2D eigenvalue weighted by molar-refractivity contribution is 7.92. The Morgan fingerprint density at radius 2 is 1.55 bits per heavy atom. The third-order valence-corrected chi connectivity index (χ3v) is 7.15. The van der Waals surface area contributed by atoms with Crippen LogP contribution in [-0.2, 0) is 17.1 Å². The lowest BCUT2D eigenvalue weighted by molar-refractivity contribution is 0.521. The van der Waals surface area contributed by atoms with Crippen LogP contribution in [0.1, 0.15) is 0 Å². The highest BCUT2D eigenvalue weighted by Gasteiger charge is 2.27. The van der Waals surface area contributed by atoms with E-state index in [0.29, 0.717) is 11.5 Å². The van der Waals surface area contributed by atoms with E-state index >= 15 is 4.39 Å². The van der Waals surface area contributed by atoms with Gasteiger partial charge in [0.15, 0.2) is 10.7 Å². The summed E-state index contributed by atoms with van der Waals surface area (Å²) in [6.45, 7) is 0. The molecule has 2 aromatic heterocycles. The average molecular weight is 537 g/mol. The van der Waals surface area contributed by atoms with Gasteiger partial charge in [-0.05, 0) is 30.3 Å². The predicted octanol–water partition coefficient (Wildman–Crippen LogP) is 5.01. The van der Waals surface area contributed by atoms with Crippen LogP contribution in [-0.4, -0.2) is 27.9 Å². The molecule has 0 spiro atoms. The standard InChI is InChI=1S/C26H19F3N6O2S/c1-35-23(22(20-13-14-31-26(30)32-20)33-25(35)15-7-3-2-4-8-15)16-9-5-12-19(21(16)29)34-38(36,37)24-17(27)10-6-11-18(24)28/h2-14,34H,1H3,(H2,30,31,32). The molecule has 0 radical (unpaired) electrons. The quantitative estimate of drug-likeness (QED) is 0.315. The molecule has 12 heteroatoms. The fraction of sp³-hybridized carbons (Fsp3) is 0.0385. The van der Waals surface area contributed by atoms with Gasteiger partial charge in [-0.2, -0.15) is 0 Å². The number of nitrogens with one attached hydrogen (secondary N) is 1. The van der Waals surface area contributed by atoms with E-state index in [1.165, 1.54) is 18.3 Å². The van der Waals surface area contributed by atoms with Crippen molar-refractivity contribution in [3.05, 3.63) is 96.4 Å². The molecule has 0 unspecified atom stereocenters. The van der Waals surface area contributed by atoms with E-state index in [1.807, 2.05) is 35.1 Å². The van der Waals surface area contributed by atoms with Gasteiger partial charge in [0.2, 0.25) is 5.95 Å². The van der Waals surface area contributed by atoms with E-state index in [-0.39, 0.29) is 22.9 Å². The summed E-state index contributed by atoms with van der Waals surface area (Å²) in [5.41, 5.74) is 6.79. The highest BCUT2D eigenvalue weighted by atomic mass is 32.2. The van der Waals surface area contributed by atoms with E-state index in [4.69, 9.17) is 10.7 Å². The van der Waals surface area contributed by atoms with Crippen molar-refractivity contribution in [2.24, 2.45) is 7.05 Å². The van der Waals surface area contributed by atoms with Gasteiger partial charge in [-0.3, -0.25) is 4.72 Å². The Morgan fingerprint density at radius 3 is 2.24 bits per heavy atom. The normalized spacial score (nSPS) is 11.5. The van der Waals surface area contributed by atoms with Crippen LogP contribution < -0.4 is 10.5 Å². The lowest BCUT2D eigenvalue weighted by atomic mass is 10.1. The minimum absolute atomic E-state index is 0.0192. The molecule has 0 atom stereocenters. The van der Waals surface area contributed by atoms with Crippen molar-refractivity contribution in [1.29, 1.82) is 0 Å². The number of imidazole rings is 1. The third kappa shape index (κ3) is 4.45. The van der Waals surface area contributed by atoms with Gasteiger partial charge in [-0.25, -0.2) is 36.5 Å². The Labute approximate surface area is 215 Å². The third-order valence-electron chi connectivity index (χ3n) is 5.73. The van der Waals surface area contributed by atoms with E-state index in [9.17, 15) is 17.2 Å². The number of rotatable bonds is 6. The summed E-state index contributed by atoms with van der Waals surface area (Å²) in [6, 6.07) is 17.3. The molecular formula is C26H19F3N6O2S. The van der Waals surface area contributed by atoms with E-state index in [1.54, 1.807) is 17.7 Å². The van der Waals surface area contributed by atoms with Gasteiger partial charge in [0.25, 0.3) is 10.0 Å². The van der Waals surface area contributed by atoms with Crippen LogP contribution in [0.15, 0.2) is 83.9 Å². The molecule has 3 N–H and O–H groups in total. The molecule has 0 aliphatic heterocycles. The minimum atomic E-state index is -4.81. The maximum atomic E-state index is 16.0. The van der Waals surface area contributed by atoms with Crippen molar-refractivity contribution in [2.75, 3.05) is 10.5 Å². The summed E-state index contributed by atoms with van der Waals surface area (Å²) in [6.07, 6.45) is 1.43. The molecule has 38 heavy (non-hydrogen) atoms. The van der Waals surface area contributed by atoms with Crippen molar-refractivity contribution in [3.63, 3.8) is 0 Å². The van der Waals surface area contributed by atoms with E-state index in [2.05, 4.69) is 9.97 Å². The number of hydrogen-bond donors (Lipinski definition) is 2. The van der Waals surface area contributed by atoms with Crippen LogP contribution in [0.2, 0.25) is 0 Å². The molecule has 0 amide bonds. The van der Waals surface area contributed by atoms with E-state index in [0.717, 1.165) is 29.8 Å². The number of sulfonamides is 1. The number of benzene rings is 3. The summed E-state index contributed by atoms with van der Waals surface area (Å²) >= 11 is 0. The average Bonchev–Trinajstić information content (AvgIpc) is 3.22. The van der Waals surface area contributed by atoms with Crippen LogP contribution in [0, 0.1) is 17.5 Å². The lowest BCUT2D eigenvalue weighted by Gasteiger charge is -2.14. The molecule has 5 rings (SSSR count). The maximum Gasteiger partial charge on any atom is 0.267 e. The number of nitrogen functional groups attached to an aromatic ring is 1. The van der Waals surface area contributed by atoms with Gasteiger partial charge in [-0.15, -0.1) is 0 Å². The van der Waals surface area contributed by atoms with Gasteiger partial charge in [0, 0.05) is 24.4 Å². The molecule has 0 bridgehead atoms. The first-order valence-corrected chi connectivity index (χ1v) is 12.6. The van der Waals surface area contributed by atoms with Gasteiger partial charge in [0.05, 0.1) is 17.1 Å². The van der Waals surface area contributed by atoms with Crippen LogP contribution in [0.25, 0.3) is 34.0 Å². The Morgan fingerprint density at radius 1 is 0.868 bits per heavy atom. The summed E-state index contributed by atoms with van der Waals surface area (Å²) in [7, 11) is -3.14. The van der Waals surface area contributed by atoms with Gasteiger partial charge in [-0.1, -0.05) is 42.5 Å². The Kier molecular flexibility index (Phi) is 6.33. The largest absolute Gasteiger partial charge is 0.368 e. The molecule has 2 heterocycles. The molecule has 0 saturated carbocycles. The summed E-state index contributed by atoms with van der Waals surface area (Å²) in [5, 5.41) is 0. The molecule has 0 fully saturated rings. The molecular weight excluding hydrogens is 517 g/mol. The zero-order chi connectivity index (χ0) is 27.0. The molecule has 0 aliphatic carbocycles. The zero-order valence-electron chi connectivity index (χ0n) is 19.7. The number of aromatic nitrogens is 4. The maximum absolute atomic E-state index is 16.0. The Hall–Kier alpha value is -4.71. The second-order valence-electron chi connectivity index (χ2n) is 8.18. The van der Waals surface area contributed by atoms with Gasteiger partial charge in [0.1, 0.15) is 23.2 Å². The van der Waals surface area contributed by atoms with Crippen molar-refractivity contribution < 1.29 is 21.6 Å². The van der Waals surface area contributed by atoms with Crippen molar-refractivity contribution in [1.82, 2.24) is 19.5 Å². The smallest absolute Gasteiger partial charge is 0.267 e. The van der Waals surface area contributed by atoms with E-state index < -0.39 is 38.1 Å². The highest BCUT2D eigenvalue weighted by Crippen LogP contribution is 2.38. The fourth-order valence-corrected chi connectivity index (χ4v) is 5.26. The second-order valence-corrected chi connectivity index (χ2v) is 9.80. The summed E-state index contributed by atoms with van der Waals surface area (Å²) < 4.78 is 73.6. The van der Waals surface area contributed by atoms with Crippen LogP contribution in [0.4, 0.5) is 24.8 Å². The first-order chi connectivity index (χ1) is 18.2. The second kappa shape index (κ2) is 9.63. The first kappa shape index (κ1) is 25.0. The molecule has 3 aromatic carbocycles. The van der Waals surface area contributed by atoms with Gasteiger partial charge < -0.3 is 10.3 Å². The topological polar surface area (TPSA) is 116 Å². The number of nitrogens with zero attached hydrogens (tertiary/aromatic N) is 4. The van der Waals surface area contributed by atoms with Crippen LogP contribution in [0.3, 0.4) is 0 Å². The van der Waals surface area contributed by atoms with Gasteiger partial charge >= 0.3 is 0 Å². The predicted molar refractivity (Wildman–Crippen MR) is 137 cm³/mol. The number of halogens is 3. The Bertz CT molecular complexity index is 1760. The minimum Gasteiger partial charge on any atom is -0.368 e. The van der Waals surface area contributed by atoms with Crippen LogP contribution >= 0.6 is 0 Å².